The van der Waals surface area contributed by atoms with Crippen molar-refractivity contribution in [2.75, 3.05) is 30.8 Å². The van der Waals surface area contributed by atoms with Gasteiger partial charge in [0, 0.05) is 31.1 Å². The van der Waals surface area contributed by atoms with Crippen molar-refractivity contribution in [3.63, 3.8) is 0 Å². The SMILES string of the molecule is CC1(CNc2ccc(N)cc2C(=O)O)CCOCC1. The van der Waals surface area contributed by atoms with Gasteiger partial charge in [-0.25, -0.2) is 4.79 Å². The van der Waals surface area contributed by atoms with Gasteiger partial charge in [0.15, 0.2) is 0 Å². The van der Waals surface area contributed by atoms with Gasteiger partial charge >= 0.3 is 5.97 Å². The highest BCUT2D eigenvalue weighted by Crippen LogP contribution is 2.30. The van der Waals surface area contributed by atoms with Crippen LogP contribution in [0.25, 0.3) is 0 Å². The highest BCUT2D eigenvalue weighted by molar-refractivity contribution is 5.95. The van der Waals surface area contributed by atoms with E-state index in [4.69, 9.17) is 10.5 Å². The van der Waals surface area contributed by atoms with E-state index in [9.17, 15) is 9.90 Å². The van der Waals surface area contributed by atoms with Crippen molar-refractivity contribution in [2.24, 2.45) is 5.41 Å². The number of carboxylic acid groups (broad SMARTS) is 1. The zero-order valence-electron chi connectivity index (χ0n) is 11.1. The quantitative estimate of drug-likeness (QED) is 0.726. The third kappa shape index (κ3) is 3.38. The first-order valence-corrected chi connectivity index (χ1v) is 6.45. The molecule has 5 heteroatoms. The summed E-state index contributed by atoms with van der Waals surface area (Å²) in [4.78, 5) is 11.2. The summed E-state index contributed by atoms with van der Waals surface area (Å²) in [5.41, 5.74) is 7.07. The minimum absolute atomic E-state index is 0.148. The topological polar surface area (TPSA) is 84.6 Å². The molecule has 0 atom stereocenters. The fourth-order valence-electron chi connectivity index (χ4n) is 2.24. The Labute approximate surface area is 112 Å². The van der Waals surface area contributed by atoms with Crippen molar-refractivity contribution >= 4 is 17.3 Å². The third-order valence-corrected chi connectivity index (χ3v) is 3.68. The molecule has 0 bridgehead atoms. The summed E-state index contributed by atoms with van der Waals surface area (Å²) in [6.45, 7) is 4.47. The van der Waals surface area contributed by atoms with Crippen LogP contribution in [0.4, 0.5) is 11.4 Å². The predicted octanol–water partition coefficient (Wildman–Crippen LogP) is 2.20. The first kappa shape index (κ1) is 13.7. The molecule has 4 N–H and O–H groups in total. The molecule has 19 heavy (non-hydrogen) atoms. The summed E-state index contributed by atoms with van der Waals surface area (Å²) in [7, 11) is 0. The van der Waals surface area contributed by atoms with Gasteiger partial charge < -0.3 is 20.9 Å². The molecular formula is C14H20N2O3. The molecule has 1 aromatic rings. The van der Waals surface area contributed by atoms with Gasteiger partial charge in [0.05, 0.1) is 5.56 Å². The van der Waals surface area contributed by atoms with Crippen LogP contribution in [0, 0.1) is 5.41 Å². The van der Waals surface area contributed by atoms with Gasteiger partial charge in [-0.1, -0.05) is 6.92 Å². The van der Waals surface area contributed by atoms with Crippen LogP contribution in [-0.4, -0.2) is 30.8 Å². The number of rotatable bonds is 4. The summed E-state index contributed by atoms with van der Waals surface area (Å²) in [5.74, 6) is -0.966. The highest BCUT2D eigenvalue weighted by Gasteiger charge is 2.27. The Morgan fingerprint density at radius 1 is 1.47 bits per heavy atom. The van der Waals surface area contributed by atoms with Crippen LogP contribution in [0.1, 0.15) is 30.1 Å². The zero-order valence-corrected chi connectivity index (χ0v) is 11.1. The molecule has 1 aliphatic rings. The number of nitrogens with two attached hydrogens (primary N) is 1. The third-order valence-electron chi connectivity index (χ3n) is 3.68. The predicted molar refractivity (Wildman–Crippen MR) is 74.5 cm³/mol. The van der Waals surface area contributed by atoms with Gasteiger partial charge in [-0.15, -0.1) is 0 Å². The lowest BCUT2D eigenvalue weighted by atomic mass is 9.82. The number of benzene rings is 1. The maximum absolute atomic E-state index is 11.2. The van der Waals surface area contributed by atoms with Crippen molar-refractivity contribution in [1.29, 1.82) is 0 Å². The summed E-state index contributed by atoms with van der Waals surface area (Å²) in [5, 5.41) is 12.4. The van der Waals surface area contributed by atoms with E-state index in [0.717, 1.165) is 32.6 Å². The summed E-state index contributed by atoms with van der Waals surface area (Å²) >= 11 is 0. The van der Waals surface area contributed by atoms with Gasteiger partial charge in [0.25, 0.3) is 0 Å². The van der Waals surface area contributed by atoms with E-state index in [2.05, 4.69) is 12.2 Å². The van der Waals surface area contributed by atoms with Crippen molar-refractivity contribution < 1.29 is 14.6 Å². The molecular weight excluding hydrogens is 244 g/mol. The first-order valence-electron chi connectivity index (χ1n) is 6.45. The number of nitrogen functional groups attached to an aromatic ring is 1. The smallest absolute Gasteiger partial charge is 0.337 e. The molecule has 0 unspecified atom stereocenters. The number of hydrogen-bond acceptors (Lipinski definition) is 4. The molecule has 1 aliphatic heterocycles. The monoisotopic (exact) mass is 264 g/mol. The maximum Gasteiger partial charge on any atom is 0.337 e. The van der Waals surface area contributed by atoms with Gasteiger partial charge in [0.1, 0.15) is 0 Å². The molecule has 0 aromatic heterocycles. The molecule has 1 fully saturated rings. The maximum atomic E-state index is 11.2. The van der Waals surface area contributed by atoms with Crippen LogP contribution in [0.2, 0.25) is 0 Å². The molecule has 104 valence electrons. The summed E-state index contributed by atoms with van der Waals surface area (Å²) in [6.07, 6.45) is 1.97. The van der Waals surface area contributed by atoms with Crippen LogP contribution in [0.15, 0.2) is 18.2 Å². The van der Waals surface area contributed by atoms with E-state index in [-0.39, 0.29) is 11.0 Å². The molecule has 1 aromatic carbocycles. The second kappa shape index (κ2) is 5.48. The lowest BCUT2D eigenvalue weighted by Crippen LogP contribution is -2.33. The molecule has 0 spiro atoms. The Balaban J connectivity index is 2.08. The average molecular weight is 264 g/mol. The van der Waals surface area contributed by atoms with E-state index in [0.29, 0.717) is 11.4 Å². The Hall–Kier alpha value is -1.75. The van der Waals surface area contributed by atoms with Crippen molar-refractivity contribution in [3.05, 3.63) is 23.8 Å². The molecule has 5 nitrogen and oxygen atoms in total. The zero-order chi connectivity index (χ0) is 13.9. The van der Waals surface area contributed by atoms with E-state index < -0.39 is 5.97 Å². The largest absolute Gasteiger partial charge is 0.478 e. The second-order valence-corrected chi connectivity index (χ2v) is 5.39. The van der Waals surface area contributed by atoms with E-state index in [1.54, 1.807) is 12.1 Å². The lowest BCUT2D eigenvalue weighted by Gasteiger charge is -2.34. The molecule has 2 rings (SSSR count). The minimum Gasteiger partial charge on any atom is -0.478 e. The first-order chi connectivity index (χ1) is 9.00. The van der Waals surface area contributed by atoms with Crippen LogP contribution in [-0.2, 0) is 4.74 Å². The van der Waals surface area contributed by atoms with Crippen molar-refractivity contribution in [1.82, 2.24) is 0 Å². The Bertz CT molecular complexity index is 468. The fourth-order valence-corrected chi connectivity index (χ4v) is 2.24. The standard InChI is InChI=1S/C14H20N2O3/c1-14(4-6-19-7-5-14)9-16-12-3-2-10(15)8-11(12)13(17)18/h2-3,8,16H,4-7,9,15H2,1H3,(H,17,18). The summed E-state index contributed by atoms with van der Waals surface area (Å²) < 4.78 is 5.36. The van der Waals surface area contributed by atoms with Gasteiger partial charge in [0.2, 0.25) is 0 Å². The number of hydrogen-bond donors (Lipinski definition) is 3. The van der Waals surface area contributed by atoms with Crippen LogP contribution in [0.5, 0.6) is 0 Å². The Morgan fingerprint density at radius 3 is 2.79 bits per heavy atom. The van der Waals surface area contributed by atoms with Crippen molar-refractivity contribution in [2.45, 2.75) is 19.8 Å². The van der Waals surface area contributed by atoms with E-state index >= 15 is 0 Å². The number of aromatic carboxylic acids is 1. The molecule has 0 radical (unpaired) electrons. The fraction of sp³-hybridized carbons (Fsp3) is 0.500. The van der Waals surface area contributed by atoms with E-state index in [1.165, 1.54) is 6.07 Å². The van der Waals surface area contributed by atoms with E-state index in [1.807, 2.05) is 0 Å². The number of carboxylic acids is 1. The van der Waals surface area contributed by atoms with Crippen molar-refractivity contribution in [3.8, 4) is 0 Å². The molecule has 1 heterocycles. The van der Waals surface area contributed by atoms with Crippen LogP contribution in [0.3, 0.4) is 0 Å². The lowest BCUT2D eigenvalue weighted by molar-refractivity contribution is 0.0299. The molecule has 1 saturated heterocycles. The Kier molecular flexibility index (Phi) is 3.95. The number of anilines is 2. The minimum atomic E-state index is -0.966. The number of ether oxygens (including phenoxy) is 1. The molecule has 0 saturated carbocycles. The number of carbonyl (C=O) groups is 1. The summed E-state index contributed by atoms with van der Waals surface area (Å²) in [6, 6.07) is 4.92. The average Bonchev–Trinajstić information content (AvgIpc) is 2.38. The van der Waals surface area contributed by atoms with Crippen LogP contribution >= 0.6 is 0 Å². The van der Waals surface area contributed by atoms with Crippen LogP contribution < -0.4 is 11.1 Å². The molecule has 0 amide bonds. The highest BCUT2D eigenvalue weighted by atomic mass is 16.5. The van der Waals surface area contributed by atoms with Gasteiger partial charge in [-0.2, -0.15) is 0 Å². The Morgan fingerprint density at radius 2 is 2.16 bits per heavy atom. The second-order valence-electron chi connectivity index (χ2n) is 5.39. The number of nitrogens with one attached hydrogen (secondary N) is 1. The molecule has 0 aliphatic carbocycles. The van der Waals surface area contributed by atoms with Gasteiger partial charge in [-0.05, 0) is 36.5 Å². The normalized spacial score (nSPS) is 17.9. The van der Waals surface area contributed by atoms with Gasteiger partial charge in [-0.3, -0.25) is 0 Å².